The maximum absolute atomic E-state index is 2.50. The van der Waals surface area contributed by atoms with Crippen molar-refractivity contribution in [3.05, 3.63) is 11.1 Å². The minimum absolute atomic E-state index is 0.412. The van der Waals surface area contributed by atoms with Crippen LogP contribution >= 0.6 is 0 Å². The first-order valence-electron chi connectivity index (χ1n) is 7.52. The van der Waals surface area contributed by atoms with Gasteiger partial charge in [0.25, 0.3) is 0 Å². The Kier molecular flexibility index (Phi) is 3.45. The molecule has 0 aliphatic heterocycles. The Labute approximate surface area is 108 Å². The van der Waals surface area contributed by atoms with Gasteiger partial charge >= 0.3 is 0 Å². The van der Waals surface area contributed by atoms with Crippen molar-refractivity contribution in [2.24, 2.45) is 16.7 Å². The Hall–Kier alpha value is -0.260. The van der Waals surface area contributed by atoms with Gasteiger partial charge in [0.2, 0.25) is 0 Å². The lowest BCUT2D eigenvalue weighted by atomic mass is 9.59. The molecule has 0 N–H and O–H groups in total. The first kappa shape index (κ1) is 13.2. The maximum atomic E-state index is 2.50. The second-order valence-electron chi connectivity index (χ2n) is 7.76. The van der Waals surface area contributed by atoms with Gasteiger partial charge in [0.05, 0.1) is 0 Å². The minimum Gasteiger partial charge on any atom is -0.0707 e. The summed E-state index contributed by atoms with van der Waals surface area (Å²) >= 11 is 0. The summed E-state index contributed by atoms with van der Waals surface area (Å²) in [6.45, 7) is 12.3. The molecule has 0 unspecified atom stereocenters. The summed E-state index contributed by atoms with van der Waals surface area (Å²) < 4.78 is 0. The number of hydrogen-bond acceptors (Lipinski definition) is 0. The third kappa shape index (κ3) is 2.61. The fraction of sp³-hybridized carbons (Fsp3) is 0.882. The van der Waals surface area contributed by atoms with E-state index in [9.17, 15) is 0 Å². The van der Waals surface area contributed by atoms with Gasteiger partial charge < -0.3 is 0 Å². The van der Waals surface area contributed by atoms with Crippen molar-refractivity contribution in [3.63, 3.8) is 0 Å². The van der Waals surface area contributed by atoms with E-state index in [1.165, 1.54) is 44.9 Å². The lowest BCUT2D eigenvalue weighted by Gasteiger charge is -2.46. The molecule has 2 rings (SSSR count). The van der Waals surface area contributed by atoms with E-state index in [0.29, 0.717) is 10.8 Å². The van der Waals surface area contributed by atoms with Crippen LogP contribution < -0.4 is 0 Å². The summed E-state index contributed by atoms with van der Waals surface area (Å²) in [4.78, 5) is 0. The maximum Gasteiger partial charge on any atom is -0.0140 e. The monoisotopic (exact) mass is 234 g/mol. The largest absolute Gasteiger partial charge is 0.0707 e. The van der Waals surface area contributed by atoms with E-state index in [1.807, 2.05) is 0 Å². The second kappa shape index (κ2) is 4.44. The third-order valence-electron chi connectivity index (χ3n) is 5.61. The zero-order chi connectivity index (χ0) is 12.7. The van der Waals surface area contributed by atoms with Gasteiger partial charge in [0.15, 0.2) is 0 Å². The standard InChI is InChI=1S/C17H30/c1-13(14-8-6-9-14)16(2,3)12-17(4,5)15-10-7-11-15/h15H,6-12H2,1-5H3. The van der Waals surface area contributed by atoms with Crippen LogP contribution in [0, 0.1) is 16.7 Å². The van der Waals surface area contributed by atoms with Crippen molar-refractivity contribution in [1.29, 1.82) is 0 Å². The predicted molar refractivity (Wildman–Crippen MR) is 76.1 cm³/mol. The van der Waals surface area contributed by atoms with Crippen molar-refractivity contribution >= 4 is 0 Å². The van der Waals surface area contributed by atoms with Gasteiger partial charge in [-0.05, 0) is 62.2 Å². The molecular weight excluding hydrogens is 204 g/mol. The number of hydrogen-bond donors (Lipinski definition) is 0. The average Bonchev–Trinajstić information content (AvgIpc) is 1.92. The fourth-order valence-electron chi connectivity index (χ4n) is 3.81. The van der Waals surface area contributed by atoms with Gasteiger partial charge in [-0.15, -0.1) is 0 Å². The first-order chi connectivity index (χ1) is 7.83. The Morgan fingerprint density at radius 3 is 2.00 bits per heavy atom. The molecule has 0 radical (unpaired) electrons. The molecule has 98 valence electrons. The van der Waals surface area contributed by atoms with E-state index in [-0.39, 0.29) is 0 Å². The molecular formula is C17H30. The average molecular weight is 234 g/mol. The van der Waals surface area contributed by atoms with Gasteiger partial charge in [0, 0.05) is 0 Å². The zero-order valence-electron chi connectivity index (χ0n) is 12.5. The molecule has 2 saturated carbocycles. The molecule has 0 saturated heterocycles. The van der Waals surface area contributed by atoms with Crippen molar-refractivity contribution in [1.82, 2.24) is 0 Å². The Bertz CT molecular complexity index is 307. The molecule has 0 heteroatoms. The molecule has 17 heavy (non-hydrogen) atoms. The molecule has 2 aliphatic rings. The summed E-state index contributed by atoms with van der Waals surface area (Å²) in [5.74, 6) is 0.987. The number of allylic oxidation sites excluding steroid dienone is 2. The van der Waals surface area contributed by atoms with E-state index >= 15 is 0 Å². The van der Waals surface area contributed by atoms with Crippen molar-refractivity contribution < 1.29 is 0 Å². The highest BCUT2D eigenvalue weighted by Gasteiger charge is 2.39. The normalized spacial score (nSPS) is 22.1. The quantitative estimate of drug-likeness (QED) is 0.545. The molecule has 0 bridgehead atoms. The van der Waals surface area contributed by atoms with E-state index in [4.69, 9.17) is 0 Å². The first-order valence-corrected chi connectivity index (χ1v) is 7.52. The Morgan fingerprint density at radius 1 is 1.06 bits per heavy atom. The molecule has 0 heterocycles. The summed E-state index contributed by atoms with van der Waals surface area (Å²) in [6.07, 6.45) is 9.94. The van der Waals surface area contributed by atoms with Crippen LogP contribution in [0.15, 0.2) is 11.1 Å². The summed E-state index contributed by atoms with van der Waals surface area (Å²) in [5, 5.41) is 0. The SMILES string of the molecule is CC(=C1CCC1)C(C)(C)CC(C)(C)C1CCC1. The van der Waals surface area contributed by atoms with Gasteiger partial charge in [-0.2, -0.15) is 0 Å². The molecule has 2 fully saturated rings. The molecule has 0 aromatic rings. The van der Waals surface area contributed by atoms with Crippen molar-refractivity contribution in [2.75, 3.05) is 0 Å². The highest BCUT2D eigenvalue weighted by molar-refractivity contribution is 5.23. The lowest BCUT2D eigenvalue weighted by Crippen LogP contribution is -2.35. The van der Waals surface area contributed by atoms with Gasteiger partial charge in [-0.3, -0.25) is 0 Å². The molecule has 0 aromatic carbocycles. The summed E-state index contributed by atoms with van der Waals surface area (Å²) in [7, 11) is 0. The topological polar surface area (TPSA) is 0 Å². The molecule has 0 spiro atoms. The Balaban J connectivity index is 2.05. The van der Waals surface area contributed by atoms with E-state index in [2.05, 4.69) is 34.6 Å². The summed E-state index contributed by atoms with van der Waals surface area (Å²) in [5.41, 5.74) is 4.41. The van der Waals surface area contributed by atoms with Crippen molar-refractivity contribution in [3.8, 4) is 0 Å². The minimum atomic E-state index is 0.412. The highest BCUT2D eigenvalue weighted by atomic mass is 14.4. The highest BCUT2D eigenvalue weighted by Crippen LogP contribution is 2.50. The van der Waals surface area contributed by atoms with E-state index in [0.717, 1.165) is 5.92 Å². The van der Waals surface area contributed by atoms with Crippen LogP contribution in [-0.2, 0) is 0 Å². The predicted octanol–water partition coefficient (Wildman–Crippen LogP) is 5.73. The molecule has 0 amide bonds. The Morgan fingerprint density at radius 2 is 1.65 bits per heavy atom. The van der Waals surface area contributed by atoms with Crippen molar-refractivity contribution in [2.45, 2.75) is 79.6 Å². The lowest BCUT2D eigenvalue weighted by molar-refractivity contribution is 0.0768. The third-order valence-corrected chi connectivity index (χ3v) is 5.61. The van der Waals surface area contributed by atoms with Crippen LogP contribution in [0.2, 0.25) is 0 Å². The van der Waals surface area contributed by atoms with E-state index < -0.39 is 0 Å². The fourth-order valence-corrected chi connectivity index (χ4v) is 3.81. The van der Waals surface area contributed by atoms with Gasteiger partial charge in [0.1, 0.15) is 0 Å². The molecule has 0 atom stereocenters. The van der Waals surface area contributed by atoms with Crippen LogP contribution in [0.25, 0.3) is 0 Å². The smallest absolute Gasteiger partial charge is 0.0140 e. The van der Waals surface area contributed by atoms with Crippen LogP contribution in [-0.4, -0.2) is 0 Å². The van der Waals surface area contributed by atoms with Crippen LogP contribution in [0.4, 0.5) is 0 Å². The van der Waals surface area contributed by atoms with Gasteiger partial charge in [-0.25, -0.2) is 0 Å². The molecule has 2 aliphatic carbocycles. The van der Waals surface area contributed by atoms with Crippen LogP contribution in [0.3, 0.4) is 0 Å². The summed E-state index contributed by atoms with van der Waals surface area (Å²) in [6, 6.07) is 0. The zero-order valence-corrected chi connectivity index (χ0v) is 12.5. The van der Waals surface area contributed by atoms with Gasteiger partial charge in [-0.1, -0.05) is 45.3 Å². The van der Waals surface area contributed by atoms with E-state index in [1.54, 1.807) is 11.1 Å². The van der Waals surface area contributed by atoms with Crippen LogP contribution in [0.5, 0.6) is 0 Å². The number of rotatable bonds is 4. The molecule has 0 nitrogen and oxygen atoms in total. The molecule has 0 aromatic heterocycles. The van der Waals surface area contributed by atoms with Crippen LogP contribution in [0.1, 0.15) is 79.6 Å². The second-order valence-corrected chi connectivity index (χ2v) is 7.76.